The number of aryl methyl sites for hydroxylation is 2. The van der Waals surface area contributed by atoms with Gasteiger partial charge < -0.3 is 0 Å². The van der Waals surface area contributed by atoms with Crippen molar-refractivity contribution in [2.75, 3.05) is 0 Å². The molecule has 2 nitrogen and oxygen atoms in total. The molecule has 0 unspecified atom stereocenters. The lowest BCUT2D eigenvalue weighted by Crippen LogP contribution is -2.11. The van der Waals surface area contributed by atoms with Gasteiger partial charge in [0.2, 0.25) is 0 Å². The zero-order valence-corrected chi connectivity index (χ0v) is 54.0. The Labute approximate surface area is 488 Å². The van der Waals surface area contributed by atoms with E-state index in [1.807, 2.05) is 0 Å². The van der Waals surface area contributed by atoms with Crippen LogP contribution in [-0.4, -0.2) is 9.97 Å². The van der Waals surface area contributed by atoms with E-state index in [4.69, 9.17) is 9.97 Å². The molecular formula is C75H145N2. The molecule has 0 aliphatic heterocycles. The maximum absolute atomic E-state index is 5.24. The van der Waals surface area contributed by atoms with Gasteiger partial charge in [-0.2, -0.15) is 0 Å². The number of rotatable bonds is 67. The molecule has 2 heteroatoms. The molecule has 0 aliphatic carbocycles. The van der Waals surface area contributed by atoms with Crippen molar-refractivity contribution in [1.29, 1.82) is 0 Å². The largest absolute Gasteiger partial charge is 0.238 e. The summed E-state index contributed by atoms with van der Waals surface area (Å²) in [5.74, 6) is 1.00. The summed E-state index contributed by atoms with van der Waals surface area (Å²) >= 11 is 0. The van der Waals surface area contributed by atoms with Crippen LogP contribution in [0.2, 0.25) is 0 Å². The predicted octanol–water partition coefficient (Wildman–Crippen LogP) is 27.1. The molecule has 0 aromatic carbocycles. The van der Waals surface area contributed by atoms with Gasteiger partial charge in [-0.05, 0) is 51.0 Å². The van der Waals surface area contributed by atoms with Crippen LogP contribution in [0, 0.1) is 6.92 Å². The second-order valence-electron chi connectivity index (χ2n) is 25.7. The standard InChI is InChI=1S/C75H145N2/c1-5-9-12-15-18-21-24-27-30-33-36-39-42-45-48-51-54-57-60-63-66-69-72-73(70-67-64-61-58-55-52-49-46-43-40-37-34-31-28-25-22-19-16-13-10-6-2)76-75(8-4)77-74(72)71-68-65-62-59-56-53-50-47-44-41-38-35-32-29-26-23-20-17-14-11-7-3/h4-71H2,1-3H3. The minimum atomic E-state index is 0.720. The lowest BCUT2D eigenvalue weighted by Gasteiger charge is -2.16. The van der Waals surface area contributed by atoms with Gasteiger partial charge in [0.05, 0.1) is 0 Å². The second kappa shape index (κ2) is 64.3. The van der Waals surface area contributed by atoms with Crippen LogP contribution < -0.4 is 0 Å². The summed E-state index contributed by atoms with van der Waals surface area (Å²) in [6.07, 6.45) is 95.1. The second-order valence-corrected chi connectivity index (χ2v) is 25.7. The van der Waals surface area contributed by atoms with Gasteiger partial charge in [-0.1, -0.05) is 406 Å². The van der Waals surface area contributed by atoms with Crippen molar-refractivity contribution in [2.45, 2.75) is 451 Å². The zero-order chi connectivity index (χ0) is 55.1. The molecule has 0 bridgehead atoms. The van der Waals surface area contributed by atoms with Crippen LogP contribution in [0.15, 0.2) is 0 Å². The van der Waals surface area contributed by atoms with Gasteiger partial charge in [-0.25, -0.2) is 9.97 Å². The van der Waals surface area contributed by atoms with Crippen LogP contribution in [0.3, 0.4) is 0 Å². The van der Waals surface area contributed by atoms with Gasteiger partial charge >= 0.3 is 0 Å². The Morgan fingerprint density at radius 3 is 0.494 bits per heavy atom. The summed E-state index contributed by atoms with van der Waals surface area (Å²) in [5, 5.41) is 0. The molecule has 1 radical (unpaired) electrons. The van der Waals surface area contributed by atoms with E-state index >= 15 is 0 Å². The fraction of sp³-hybridized carbons (Fsp3) is 0.933. The third-order valence-corrected chi connectivity index (χ3v) is 18.0. The molecule has 1 rings (SSSR count). The number of hydrogen-bond acceptors (Lipinski definition) is 2. The van der Waals surface area contributed by atoms with Crippen LogP contribution in [0.25, 0.3) is 0 Å². The van der Waals surface area contributed by atoms with Crippen LogP contribution >= 0.6 is 0 Å². The van der Waals surface area contributed by atoms with E-state index < -0.39 is 0 Å². The quantitative estimate of drug-likeness (QED) is 0.0608. The molecular weight excluding hydrogens is 929 g/mol. The average molecular weight is 1070 g/mol. The molecule has 1 heterocycles. The number of nitrogens with zero attached hydrogens (tertiary/aromatic N) is 2. The molecule has 0 fully saturated rings. The van der Waals surface area contributed by atoms with Crippen molar-refractivity contribution in [3.05, 3.63) is 29.7 Å². The first-order chi connectivity index (χ1) is 38.3. The molecule has 0 amide bonds. The van der Waals surface area contributed by atoms with E-state index in [9.17, 15) is 0 Å². The Bertz CT molecular complexity index is 1170. The molecule has 1 aromatic heterocycles. The minimum absolute atomic E-state index is 0.720. The summed E-state index contributed by atoms with van der Waals surface area (Å²) in [6, 6.07) is 0. The molecule has 0 N–H and O–H groups in total. The fourth-order valence-electron chi connectivity index (χ4n) is 12.6. The zero-order valence-electron chi connectivity index (χ0n) is 54.0. The van der Waals surface area contributed by atoms with E-state index in [0.717, 1.165) is 25.1 Å². The van der Waals surface area contributed by atoms with Crippen molar-refractivity contribution in [3.63, 3.8) is 0 Å². The first-order valence-electron chi connectivity index (χ1n) is 36.9. The highest BCUT2D eigenvalue weighted by molar-refractivity contribution is 5.27. The SMILES string of the molecule is [CH2]Cc1nc(CCCCCCCCCCCCCCCCCCCCCCC)c(CCCCCCCCCCCCCCCCCCCCCCC)c(CCCCCCCCCCCCCCCCCCCCCCC)n1. The molecule has 455 valence electrons. The summed E-state index contributed by atoms with van der Waals surface area (Å²) in [6.45, 7) is 11.2. The van der Waals surface area contributed by atoms with Crippen LogP contribution in [0.4, 0.5) is 0 Å². The molecule has 1 aromatic rings. The number of hydrogen-bond donors (Lipinski definition) is 0. The highest BCUT2D eigenvalue weighted by Crippen LogP contribution is 2.24. The minimum Gasteiger partial charge on any atom is -0.238 e. The Kier molecular flexibility index (Phi) is 61.8. The topological polar surface area (TPSA) is 25.8 Å². The molecule has 0 saturated heterocycles. The molecule has 0 aliphatic rings. The average Bonchev–Trinajstić information content (AvgIpc) is 3.44. The summed E-state index contributed by atoms with van der Waals surface area (Å²) in [7, 11) is 0. The first kappa shape index (κ1) is 74.1. The Hall–Kier alpha value is -0.920. The van der Waals surface area contributed by atoms with E-state index in [1.54, 1.807) is 5.56 Å². The van der Waals surface area contributed by atoms with Gasteiger partial charge in [-0.3, -0.25) is 0 Å². The van der Waals surface area contributed by atoms with Crippen molar-refractivity contribution >= 4 is 0 Å². The molecule has 77 heavy (non-hydrogen) atoms. The van der Waals surface area contributed by atoms with E-state index in [-0.39, 0.29) is 0 Å². The van der Waals surface area contributed by atoms with Crippen LogP contribution in [0.1, 0.15) is 448 Å². The van der Waals surface area contributed by atoms with Gasteiger partial charge in [0.25, 0.3) is 0 Å². The highest BCUT2D eigenvalue weighted by atomic mass is 14.9. The maximum Gasteiger partial charge on any atom is 0.128 e. The first-order valence-corrected chi connectivity index (χ1v) is 36.9. The predicted molar refractivity (Wildman–Crippen MR) is 350 cm³/mol. The Morgan fingerprint density at radius 2 is 0.338 bits per heavy atom. The van der Waals surface area contributed by atoms with E-state index in [1.165, 1.54) is 422 Å². The lowest BCUT2D eigenvalue weighted by atomic mass is 9.96. The number of aromatic nitrogens is 2. The monoisotopic (exact) mass is 1070 g/mol. The summed E-state index contributed by atoms with van der Waals surface area (Å²) < 4.78 is 0. The van der Waals surface area contributed by atoms with E-state index in [2.05, 4.69) is 27.7 Å². The maximum atomic E-state index is 5.24. The summed E-state index contributed by atoms with van der Waals surface area (Å²) in [5.41, 5.74) is 4.37. The van der Waals surface area contributed by atoms with Gasteiger partial charge in [0.1, 0.15) is 5.82 Å². The van der Waals surface area contributed by atoms with Gasteiger partial charge in [0, 0.05) is 17.8 Å². The van der Waals surface area contributed by atoms with Crippen molar-refractivity contribution in [3.8, 4) is 0 Å². The van der Waals surface area contributed by atoms with Crippen molar-refractivity contribution in [1.82, 2.24) is 9.97 Å². The molecule has 0 saturated carbocycles. The third-order valence-electron chi connectivity index (χ3n) is 18.0. The number of unbranched alkanes of at least 4 members (excludes halogenated alkanes) is 60. The smallest absolute Gasteiger partial charge is 0.128 e. The fourth-order valence-corrected chi connectivity index (χ4v) is 12.6. The normalized spacial score (nSPS) is 11.7. The summed E-state index contributed by atoms with van der Waals surface area (Å²) in [4.78, 5) is 10.5. The van der Waals surface area contributed by atoms with Crippen LogP contribution in [-0.2, 0) is 25.7 Å². The third kappa shape index (κ3) is 54.1. The van der Waals surface area contributed by atoms with Crippen molar-refractivity contribution in [2.24, 2.45) is 0 Å². The Morgan fingerprint density at radius 1 is 0.195 bits per heavy atom. The van der Waals surface area contributed by atoms with Gasteiger partial charge in [-0.15, -0.1) is 0 Å². The van der Waals surface area contributed by atoms with E-state index in [0.29, 0.717) is 0 Å². The van der Waals surface area contributed by atoms with Crippen molar-refractivity contribution < 1.29 is 0 Å². The van der Waals surface area contributed by atoms with Gasteiger partial charge in [0.15, 0.2) is 0 Å². The van der Waals surface area contributed by atoms with Crippen LogP contribution in [0.5, 0.6) is 0 Å². The highest BCUT2D eigenvalue weighted by Gasteiger charge is 2.14. The molecule has 0 spiro atoms. The lowest BCUT2D eigenvalue weighted by molar-refractivity contribution is 0.519. The Balaban J connectivity index is 2.35. The molecule has 0 atom stereocenters.